The van der Waals surface area contributed by atoms with Gasteiger partial charge in [0.25, 0.3) is 0 Å². The SMILES string of the molecule is C1CC[NH2+]CC1.C1CC[NH2+]CC1.N#Cc1ccccc1N1P(=S)([S-])N(c2ccccc2C#N)P1(=S)[S-]. The minimum atomic E-state index is -2.71. The molecule has 3 fully saturated rings. The monoisotopic (exact) mass is 594 g/mol. The Bertz CT molecular complexity index is 1070. The molecule has 3 aliphatic rings. The molecule has 0 atom stereocenters. The van der Waals surface area contributed by atoms with E-state index < -0.39 is 11.1 Å². The number of rotatable bonds is 2. The molecule has 3 heterocycles. The largest absolute Gasteiger partial charge is 0.704 e. The molecule has 12 heteroatoms. The second-order valence-corrected chi connectivity index (χ2v) is 20.4. The quantitative estimate of drug-likeness (QED) is 0.402. The molecule has 0 saturated carbocycles. The van der Waals surface area contributed by atoms with Crippen LogP contribution in [0.1, 0.15) is 49.7 Å². The van der Waals surface area contributed by atoms with Crippen LogP contribution < -0.4 is 19.5 Å². The van der Waals surface area contributed by atoms with E-state index in [0.29, 0.717) is 22.5 Å². The maximum Gasteiger partial charge on any atom is 0.101 e. The van der Waals surface area contributed by atoms with E-state index in [1.165, 1.54) is 64.7 Å². The number of benzene rings is 2. The highest BCUT2D eigenvalue weighted by Crippen LogP contribution is 2.86. The van der Waals surface area contributed by atoms with E-state index in [-0.39, 0.29) is 0 Å². The zero-order valence-corrected chi connectivity index (χ0v) is 25.2. The molecule has 6 nitrogen and oxygen atoms in total. The summed E-state index contributed by atoms with van der Waals surface area (Å²) >= 11 is 22.8. The van der Waals surface area contributed by atoms with Gasteiger partial charge < -0.3 is 44.0 Å². The lowest BCUT2D eigenvalue weighted by Crippen LogP contribution is -2.85. The van der Waals surface area contributed by atoms with Gasteiger partial charge in [0.1, 0.15) is 12.1 Å². The number of nitriles is 2. The summed E-state index contributed by atoms with van der Waals surface area (Å²) in [5.74, 6) is 0. The standard InChI is InChI=1S/C14H10N4P2S4.2C5H11N/c15-9-11-5-1-3-7-13(11)17-19(21,22)18(20(17,23)24)14-8-4-2-6-12(14)10-16;2*1-2-4-6-5-3-1/h1-8H,(H,21,22)(H,23,24);2*6H,1-5H2. The van der Waals surface area contributed by atoms with Crippen LogP contribution in [0.2, 0.25) is 0 Å². The number of piperidine rings is 2. The van der Waals surface area contributed by atoms with Gasteiger partial charge in [0.15, 0.2) is 0 Å². The minimum Gasteiger partial charge on any atom is -0.704 e. The Hall–Kier alpha value is -1.06. The van der Waals surface area contributed by atoms with E-state index in [2.05, 4.69) is 22.8 Å². The lowest BCUT2D eigenvalue weighted by Gasteiger charge is -2.73. The summed E-state index contributed by atoms with van der Waals surface area (Å²) in [4.78, 5) is 0. The fourth-order valence-corrected chi connectivity index (χ4v) is 22.1. The highest BCUT2D eigenvalue weighted by molar-refractivity contribution is 8.73. The van der Waals surface area contributed by atoms with Crippen LogP contribution in [-0.2, 0) is 48.1 Å². The molecular formula is C24H32N6P2S4. The van der Waals surface area contributed by atoms with Crippen molar-refractivity contribution < 1.29 is 10.6 Å². The molecule has 0 aliphatic carbocycles. The number of quaternary nitrogens is 2. The third kappa shape index (κ3) is 7.07. The van der Waals surface area contributed by atoms with Crippen LogP contribution in [0.15, 0.2) is 48.5 Å². The van der Waals surface area contributed by atoms with Gasteiger partial charge in [-0.05, 0) is 62.8 Å². The van der Waals surface area contributed by atoms with Gasteiger partial charge in [-0.15, -0.1) is 0 Å². The van der Waals surface area contributed by atoms with Crippen molar-refractivity contribution in [3.8, 4) is 12.1 Å². The highest BCUT2D eigenvalue weighted by atomic mass is 32.9. The number of hydrogen-bond donors (Lipinski definition) is 2. The smallest absolute Gasteiger partial charge is 0.101 e. The molecule has 0 spiro atoms. The molecule has 0 amide bonds. The number of para-hydroxylation sites is 2. The van der Waals surface area contributed by atoms with E-state index >= 15 is 0 Å². The molecule has 0 bridgehead atoms. The van der Waals surface area contributed by atoms with Crippen LogP contribution in [0.3, 0.4) is 0 Å². The normalized spacial score (nSPS) is 25.0. The second kappa shape index (κ2) is 14.2. The van der Waals surface area contributed by atoms with E-state index in [4.69, 9.17) is 48.1 Å². The molecule has 0 unspecified atom stereocenters. The molecule has 2 aromatic rings. The number of nitrogens with zero attached hydrogens (tertiary/aromatic N) is 4. The van der Waals surface area contributed by atoms with Gasteiger partial charge in [-0.25, -0.2) is 0 Å². The second-order valence-electron chi connectivity index (χ2n) is 8.67. The van der Waals surface area contributed by atoms with Gasteiger partial charge in [0.2, 0.25) is 0 Å². The molecule has 3 saturated heterocycles. The topological polar surface area (TPSA) is 87.3 Å². The van der Waals surface area contributed by atoms with E-state index in [9.17, 15) is 10.5 Å². The first-order valence-corrected chi connectivity index (χ1v) is 19.7. The molecule has 3 aliphatic heterocycles. The molecule has 0 aromatic heterocycles. The number of anilines is 2. The molecule has 36 heavy (non-hydrogen) atoms. The van der Waals surface area contributed by atoms with Crippen molar-refractivity contribution in [2.45, 2.75) is 38.5 Å². The number of nitrogens with two attached hydrogens (primary N) is 2. The molecule has 4 N–H and O–H groups in total. The van der Waals surface area contributed by atoms with Gasteiger partial charge in [0, 0.05) is 11.1 Å². The van der Waals surface area contributed by atoms with Gasteiger partial charge in [-0.3, -0.25) is 0 Å². The maximum absolute atomic E-state index is 9.35. The van der Waals surface area contributed by atoms with Crippen molar-refractivity contribution in [2.24, 2.45) is 0 Å². The Morgan fingerprint density at radius 2 is 0.972 bits per heavy atom. The predicted molar refractivity (Wildman–Crippen MR) is 162 cm³/mol. The lowest BCUT2D eigenvalue weighted by molar-refractivity contribution is -0.662. The average molecular weight is 595 g/mol. The van der Waals surface area contributed by atoms with Crippen LogP contribution in [0.25, 0.3) is 0 Å². The minimum absolute atomic E-state index is 0.448. The summed E-state index contributed by atoms with van der Waals surface area (Å²) in [7, 11) is 0. The van der Waals surface area contributed by atoms with Crippen molar-refractivity contribution in [3.63, 3.8) is 0 Å². The third-order valence-corrected chi connectivity index (χ3v) is 18.8. The Balaban J connectivity index is 0.000000244. The first kappa shape index (κ1) is 29.5. The van der Waals surface area contributed by atoms with Crippen molar-refractivity contribution in [1.82, 2.24) is 0 Å². The molecular weight excluding hydrogens is 563 g/mol. The summed E-state index contributed by atoms with van der Waals surface area (Å²) in [6.45, 7) is 5.50. The molecule has 192 valence electrons. The first-order chi connectivity index (χ1) is 17.4. The van der Waals surface area contributed by atoms with Gasteiger partial charge in [-0.1, -0.05) is 47.9 Å². The molecule has 5 rings (SSSR count). The Kier molecular flexibility index (Phi) is 11.6. The van der Waals surface area contributed by atoms with Gasteiger partial charge >= 0.3 is 0 Å². The van der Waals surface area contributed by atoms with E-state index in [0.717, 1.165) is 0 Å². The fourth-order valence-electron chi connectivity index (χ4n) is 4.24. The van der Waals surface area contributed by atoms with Crippen molar-refractivity contribution in [1.29, 1.82) is 10.5 Å². The zero-order chi connectivity index (χ0) is 26.0. The maximum atomic E-state index is 9.35. The average Bonchev–Trinajstić information content (AvgIpc) is 2.91. The van der Waals surface area contributed by atoms with Crippen LogP contribution in [-0.4, -0.2) is 26.2 Å². The fraction of sp³-hybridized carbons (Fsp3) is 0.417. The van der Waals surface area contributed by atoms with Crippen molar-refractivity contribution in [3.05, 3.63) is 59.7 Å². The summed E-state index contributed by atoms with van der Waals surface area (Å²) < 4.78 is 3.45. The van der Waals surface area contributed by atoms with E-state index in [1.54, 1.807) is 57.4 Å². The number of hydrogen-bond acceptors (Lipinski definition) is 6. The Labute approximate surface area is 236 Å². The summed E-state index contributed by atoms with van der Waals surface area (Å²) in [6.07, 6.45) is 8.72. The highest BCUT2D eigenvalue weighted by Gasteiger charge is 2.43. The lowest BCUT2D eigenvalue weighted by atomic mass is 10.2. The third-order valence-electron chi connectivity index (χ3n) is 6.07. The first-order valence-electron chi connectivity index (χ1n) is 12.2. The summed E-state index contributed by atoms with van der Waals surface area (Å²) in [5.41, 5.74) is -3.32. The van der Waals surface area contributed by atoms with Crippen LogP contribution in [0, 0.1) is 22.7 Å². The van der Waals surface area contributed by atoms with Gasteiger partial charge in [0.05, 0.1) is 48.7 Å². The van der Waals surface area contributed by atoms with Crippen LogP contribution in [0.5, 0.6) is 0 Å². The predicted octanol–water partition coefficient (Wildman–Crippen LogP) is 3.77. The van der Waals surface area contributed by atoms with Crippen molar-refractivity contribution >= 4 is 70.6 Å². The molecule has 2 aromatic carbocycles. The Morgan fingerprint density at radius 3 is 1.22 bits per heavy atom. The van der Waals surface area contributed by atoms with Crippen LogP contribution >= 0.6 is 11.1 Å². The molecule has 0 radical (unpaired) electrons. The van der Waals surface area contributed by atoms with Crippen molar-refractivity contribution in [2.75, 3.05) is 35.1 Å². The summed E-state index contributed by atoms with van der Waals surface area (Å²) in [6, 6.07) is 18.3. The van der Waals surface area contributed by atoms with Gasteiger partial charge in [-0.2, -0.15) is 10.5 Å². The van der Waals surface area contributed by atoms with Crippen LogP contribution in [0.4, 0.5) is 11.4 Å². The zero-order valence-electron chi connectivity index (χ0n) is 20.2. The van der Waals surface area contributed by atoms with E-state index in [1.807, 2.05) is 0 Å². The summed E-state index contributed by atoms with van der Waals surface area (Å²) in [5, 5.41) is 23.5. The Morgan fingerprint density at radius 1 is 0.639 bits per heavy atom.